The monoisotopic (exact) mass is 452 g/mol. The molecule has 3 N–H and O–H groups in total. The molecule has 3 aromatic rings. The Balaban J connectivity index is 1.59. The highest BCUT2D eigenvalue weighted by Gasteiger charge is 2.27. The molecule has 5 rings (SSSR count). The van der Waals surface area contributed by atoms with Crippen LogP contribution in [-0.4, -0.2) is 49.9 Å². The Morgan fingerprint density at radius 3 is 2.56 bits per heavy atom. The third-order valence-corrected chi connectivity index (χ3v) is 5.52. The van der Waals surface area contributed by atoms with Gasteiger partial charge in [0.15, 0.2) is 17.3 Å². The van der Waals surface area contributed by atoms with Gasteiger partial charge in [0.05, 0.1) is 29.0 Å². The summed E-state index contributed by atoms with van der Waals surface area (Å²) in [5.41, 5.74) is -0.489. The molecule has 11 heteroatoms. The van der Waals surface area contributed by atoms with Crippen LogP contribution in [0.5, 0.6) is 0 Å². The first-order valence-electron chi connectivity index (χ1n) is 12.3. The van der Waals surface area contributed by atoms with Crippen molar-refractivity contribution in [2.75, 3.05) is 23.8 Å². The van der Waals surface area contributed by atoms with E-state index in [1.54, 1.807) is 0 Å². The van der Waals surface area contributed by atoms with Crippen molar-refractivity contribution in [3.05, 3.63) is 35.8 Å². The highest BCUT2D eigenvalue weighted by Crippen LogP contribution is 2.32. The summed E-state index contributed by atoms with van der Waals surface area (Å²) in [6.07, 6.45) is 2.02. The third-order valence-electron chi connectivity index (χ3n) is 5.52. The predicted octanol–water partition coefficient (Wildman–Crippen LogP) is 3.66. The van der Waals surface area contributed by atoms with Gasteiger partial charge in [0.25, 0.3) is 0 Å². The fraction of sp³-hybridized carbons (Fsp3) is 0.476. The highest BCUT2D eigenvalue weighted by atomic mass is 19.1. The van der Waals surface area contributed by atoms with Gasteiger partial charge in [0.1, 0.15) is 17.0 Å². The van der Waals surface area contributed by atoms with Crippen molar-refractivity contribution in [3.63, 3.8) is 0 Å². The molecule has 0 amide bonds. The van der Waals surface area contributed by atoms with Gasteiger partial charge in [-0.05, 0) is 32.1 Å². The minimum Gasteiger partial charge on any atom is -0.393 e. The van der Waals surface area contributed by atoms with Crippen LogP contribution in [0.4, 0.5) is 30.8 Å². The molecule has 1 saturated carbocycles. The molecule has 1 aliphatic carbocycles. The molecule has 170 valence electrons. The Labute approximate surface area is 187 Å². The zero-order valence-corrected chi connectivity index (χ0v) is 16.7. The van der Waals surface area contributed by atoms with Crippen molar-refractivity contribution >= 4 is 28.7 Å². The molecule has 8 nitrogen and oxygen atoms in total. The van der Waals surface area contributed by atoms with Gasteiger partial charge in [-0.3, -0.25) is 4.57 Å². The van der Waals surface area contributed by atoms with Crippen LogP contribution < -0.4 is 10.6 Å². The lowest BCUT2D eigenvalue weighted by atomic mass is 9.93. The van der Waals surface area contributed by atoms with Crippen molar-refractivity contribution in [2.45, 2.75) is 50.3 Å². The first kappa shape index (κ1) is 16.7. The number of aromatic nitrogens is 4. The average Bonchev–Trinajstić information content (AvgIpc) is 3.24. The lowest BCUT2D eigenvalue weighted by Crippen LogP contribution is -2.29. The number of hydrogen-bond acceptors (Lipinski definition) is 7. The van der Waals surface area contributed by atoms with Gasteiger partial charge in [-0.15, -0.1) is 0 Å². The first-order chi connectivity index (χ1) is 17.0. The minimum atomic E-state index is -2.48. The maximum absolute atomic E-state index is 14.4. The van der Waals surface area contributed by atoms with Gasteiger partial charge in [-0.25, -0.2) is 23.1 Å². The molecule has 1 saturated heterocycles. The number of anilines is 3. The van der Waals surface area contributed by atoms with Crippen molar-refractivity contribution in [1.82, 2.24) is 19.5 Å². The van der Waals surface area contributed by atoms with Crippen LogP contribution in [0.25, 0.3) is 11.2 Å². The average molecular weight is 452 g/mol. The summed E-state index contributed by atoms with van der Waals surface area (Å²) in [4.78, 5) is 13.0. The van der Waals surface area contributed by atoms with Crippen LogP contribution >= 0.6 is 0 Å². The molecule has 1 aromatic carbocycles. The summed E-state index contributed by atoms with van der Waals surface area (Å²) in [5.74, 6) is -3.64. The van der Waals surface area contributed by atoms with Crippen molar-refractivity contribution < 1.29 is 28.5 Å². The van der Waals surface area contributed by atoms with Crippen LogP contribution in [0, 0.1) is 17.5 Å². The zero-order valence-electron chi connectivity index (χ0n) is 20.7. The molecule has 0 spiro atoms. The summed E-state index contributed by atoms with van der Waals surface area (Å²) in [6, 6.07) is -0.330. The summed E-state index contributed by atoms with van der Waals surface area (Å²) in [7, 11) is 0. The van der Waals surface area contributed by atoms with Crippen LogP contribution in [0.15, 0.2) is 18.3 Å². The maximum atomic E-state index is 14.4. The number of rotatable bonds is 5. The lowest BCUT2D eigenvalue weighted by molar-refractivity contribution is 0.126. The number of aliphatic hydroxyl groups excluding tert-OH is 1. The van der Waals surface area contributed by atoms with E-state index in [2.05, 4.69) is 25.6 Å². The Morgan fingerprint density at radius 2 is 1.88 bits per heavy atom. The first-order valence-corrected chi connectivity index (χ1v) is 10.2. The van der Waals surface area contributed by atoms with E-state index in [-0.39, 0.29) is 35.2 Å². The summed E-state index contributed by atoms with van der Waals surface area (Å²) < 4.78 is 80.9. The SMILES string of the molecule is [2H]C1OC([2H])([2H])C([2H])C1n1c(Nc2c(F)cc(F)cc2F)nc2cnc(NC3CCC(O)CC3)nc21. The number of aliphatic hydroxyl groups is 1. The van der Waals surface area contributed by atoms with Gasteiger partial charge in [-0.2, -0.15) is 4.98 Å². The van der Waals surface area contributed by atoms with Gasteiger partial charge < -0.3 is 20.5 Å². The molecule has 1 aliphatic heterocycles. The number of fused-ring (bicyclic) bond motifs is 1. The fourth-order valence-corrected chi connectivity index (χ4v) is 3.90. The van der Waals surface area contributed by atoms with Crippen LogP contribution in [-0.2, 0) is 4.74 Å². The van der Waals surface area contributed by atoms with Gasteiger partial charge in [0.2, 0.25) is 11.9 Å². The Hall–Kier alpha value is -2.92. The molecule has 2 aliphatic rings. The van der Waals surface area contributed by atoms with E-state index in [4.69, 9.17) is 10.2 Å². The molecule has 3 heterocycles. The van der Waals surface area contributed by atoms with E-state index in [1.807, 2.05) is 0 Å². The fourth-order valence-electron chi connectivity index (χ4n) is 3.90. The molecular weight excluding hydrogens is 425 g/mol. The van der Waals surface area contributed by atoms with Crippen molar-refractivity contribution in [3.8, 4) is 0 Å². The highest BCUT2D eigenvalue weighted by molar-refractivity contribution is 5.76. The molecule has 0 radical (unpaired) electrons. The van der Waals surface area contributed by atoms with Crippen molar-refractivity contribution in [1.29, 1.82) is 0 Å². The number of hydrogen-bond donors (Lipinski definition) is 3. The predicted molar refractivity (Wildman–Crippen MR) is 111 cm³/mol. The second-order valence-electron chi connectivity index (χ2n) is 7.76. The zero-order chi connectivity index (χ0) is 25.8. The molecule has 2 aromatic heterocycles. The summed E-state index contributed by atoms with van der Waals surface area (Å²) in [6.45, 7) is -4.04. The second-order valence-corrected chi connectivity index (χ2v) is 7.76. The van der Waals surface area contributed by atoms with E-state index in [1.165, 1.54) is 10.8 Å². The second kappa shape index (κ2) is 8.55. The van der Waals surface area contributed by atoms with Gasteiger partial charge in [0, 0.05) is 26.1 Å². The van der Waals surface area contributed by atoms with E-state index >= 15 is 0 Å². The smallest absolute Gasteiger partial charge is 0.224 e. The van der Waals surface area contributed by atoms with Gasteiger partial charge in [-0.1, -0.05) is 0 Å². The number of ether oxygens (including phenoxy) is 1. The standard InChI is InChI=1S/C21H23F3N6O2/c22-11-7-15(23)18(16(24)8-11)28-21-27-17-9-25-20(26-12-1-3-14(31)4-2-12)29-19(17)30(21)13-5-6-32-10-13/h7-9,12-14,31H,1-6,10H2,(H,27,28)(H,25,26,29)/i5D,6D2,10D. The van der Waals surface area contributed by atoms with E-state index in [0.29, 0.717) is 37.8 Å². The number of halogens is 3. The number of benzene rings is 1. The molecular formula is C21H23F3N6O2. The minimum absolute atomic E-state index is 0.000909. The molecule has 0 bridgehead atoms. The number of nitrogens with one attached hydrogen (secondary N) is 2. The Kier molecular flexibility index (Phi) is 4.45. The normalized spacial score (nSPS) is 31.6. The lowest BCUT2D eigenvalue weighted by Gasteiger charge is -2.26. The Morgan fingerprint density at radius 1 is 1.12 bits per heavy atom. The van der Waals surface area contributed by atoms with E-state index in [0.717, 1.165) is 0 Å². The van der Waals surface area contributed by atoms with Crippen molar-refractivity contribution in [2.24, 2.45) is 0 Å². The largest absolute Gasteiger partial charge is 0.393 e. The molecule has 32 heavy (non-hydrogen) atoms. The topological polar surface area (TPSA) is 97.1 Å². The summed E-state index contributed by atoms with van der Waals surface area (Å²) in [5, 5.41) is 15.4. The quantitative estimate of drug-likeness (QED) is 0.544. The van der Waals surface area contributed by atoms with Crippen LogP contribution in [0.3, 0.4) is 0 Å². The van der Waals surface area contributed by atoms with Crippen LogP contribution in [0.2, 0.25) is 0 Å². The van der Waals surface area contributed by atoms with E-state index in [9.17, 15) is 18.3 Å². The maximum Gasteiger partial charge on any atom is 0.224 e. The number of nitrogens with zero attached hydrogens (tertiary/aromatic N) is 4. The number of imidazole rings is 1. The van der Waals surface area contributed by atoms with Gasteiger partial charge >= 0.3 is 0 Å². The molecule has 3 atom stereocenters. The van der Waals surface area contributed by atoms with Crippen LogP contribution in [0.1, 0.15) is 43.6 Å². The third kappa shape index (κ3) is 4.09. The van der Waals surface area contributed by atoms with E-state index < -0.39 is 48.7 Å². The molecule has 3 unspecified atom stereocenters. The summed E-state index contributed by atoms with van der Waals surface area (Å²) >= 11 is 0. The Bertz CT molecular complexity index is 1270. The molecule has 2 fully saturated rings.